The van der Waals surface area contributed by atoms with Crippen LogP contribution in [0.25, 0.3) is 0 Å². The molecule has 0 fully saturated rings. The van der Waals surface area contributed by atoms with Crippen molar-refractivity contribution in [3.05, 3.63) is 16.8 Å². The third kappa shape index (κ3) is 2.05. The second kappa shape index (κ2) is 3.16. The molecular weight excluding hydrogens is 166 g/mol. The Hall–Kier alpha value is -1.36. The highest BCUT2D eigenvalue weighted by Crippen LogP contribution is 2.10. The largest absolute Gasteiger partial charge is 0.474 e. The molecule has 0 spiro atoms. The van der Waals surface area contributed by atoms with E-state index in [2.05, 4.69) is 5.32 Å². The standard InChI is InChI=1S/C6H5NO3S/c8-5(6(9)10)7-4-1-2-11-3-4/h1-3H,(H,7,8)(H,9,10). The minimum atomic E-state index is -1.48. The van der Waals surface area contributed by atoms with Crippen LogP contribution in [0.2, 0.25) is 0 Å². The summed E-state index contributed by atoms with van der Waals surface area (Å²) in [6.45, 7) is 0. The van der Waals surface area contributed by atoms with Crippen LogP contribution in [-0.4, -0.2) is 17.0 Å². The number of carbonyl (C=O) groups is 2. The summed E-state index contributed by atoms with van der Waals surface area (Å²) in [5.41, 5.74) is 0.516. The fourth-order valence-corrected chi connectivity index (χ4v) is 1.11. The van der Waals surface area contributed by atoms with E-state index in [1.807, 2.05) is 0 Å². The number of nitrogens with one attached hydrogen (secondary N) is 1. The number of carbonyl (C=O) groups excluding carboxylic acids is 1. The zero-order valence-electron chi connectivity index (χ0n) is 5.40. The second-order valence-corrected chi connectivity index (χ2v) is 2.55. The van der Waals surface area contributed by atoms with E-state index in [0.29, 0.717) is 5.69 Å². The molecule has 11 heavy (non-hydrogen) atoms. The molecule has 0 saturated heterocycles. The maximum atomic E-state index is 10.5. The first-order valence-electron chi connectivity index (χ1n) is 2.76. The lowest BCUT2D eigenvalue weighted by Crippen LogP contribution is -2.21. The molecule has 0 aliphatic carbocycles. The summed E-state index contributed by atoms with van der Waals surface area (Å²) in [7, 11) is 0. The van der Waals surface area contributed by atoms with Crippen molar-refractivity contribution < 1.29 is 14.7 Å². The average Bonchev–Trinajstić information content (AvgIpc) is 2.39. The van der Waals surface area contributed by atoms with Gasteiger partial charge in [-0.2, -0.15) is 11.3 Å². The highest BCUT2D eigenvalue weighted by Gasteiger charge is 2.10. The lowest BCUT2D eigenvalue weighted by molar-refractivity contribution is -0.147. The van der Waals surface area contributed by atoms with Gasteiger partial charge in [-0.3, -0.25) is 4.79 Å². The van der Waals surface area contributed by atoms with Gasteiger partial charge in [-0.25, -0.2) is 4.79 Å². The third-order valence-corrected chi connectivity index (χ3v) is 1.66. The fraction of sp³-hybridized carbons (Fsp3) is 0. The van der Waals surface area contributed by atoms with Gasteiger partial charge in [-0.15, -0.1) is 0 Å². The van der Waals surface area contributed by atoms with Crippen molar-refractivity contribution in [1.29, 1.82) is 0 Å². The van der Waals surface area contributed by atoms with Crippen molar-refractivity contribution in [1.82, 2.24) is 0 Å². The number of hydrogen-bond donors (Lipinski definition) is 2. The van der Waals surface area contributed by atoms with Gasteiger partial charge >= 0.3 is 11.9 Å². The summed E-state index contributed by atoms with van der Waals surface area (Å²) in [4.78, 5) is 20.5. The van der Waals surface area contributed by atoms with Crippen LogP contribution >= 0.6 is 11.3 Å². The molecule has 1 rings (SSSR count). The Morgan fingerprint density at radius 1 is 1.55 bits per heavy atom. The summed E-state index contributed by atoms with van der Waals surface area (Å²) >= 11 is 1.39. The number of amides is 1. The van der Waals surface area contributed by atoms with Crippen LogP contribution in [0.1, 0.15) is 0 Å². The summed E-state index contributed by atoms with van der Waals surface area (Å²) in [5.74, 6) is -2.49. The summed E-state index contributed by atoms with van der Waals surface area (Å²) in [5, 5.41) is 13.8. The van der Waals surface area contributed by atoms with E-state index in [1.165, 1.54) is 11.3 Å². The molecule has 58 valence electrons. The molecule has 1 amide bonds. The maximum absolute atomic E-state index is 10.5. The first-order chi connectivity index (χ1) is 5.20. The molecule has 0 aliphatic heterocycles. The monoisotopic (exact) mass is 171 g/mol. The Labute approximate surface area is 66.5 Å². The average molecular weight is 171 g/mol. The number of carboxylic acids is 1. The lowest BCUT2D eigenvalue weighted by Gasteiger charge is -1.94. The molecule has 4 nitrogen and oxygen atoms in total. The smallest absolute Gasteiger partial charge is 0.394 e. The quantitative estimate of drug-likeness (QED) is 0.613. The zero-order valence-corrected chi connectivity index (χ0v) is 6.22. The van der Waals surface area contributed by atoms with E-state index in [1.54, 1.807) is 16.8 Å². The molecule has 1 aromatic rings. The Morgan fingerprint density at radius 3 is 2.73 bits per heavy atom. The lowest BCUT2D eigenvalue weighted by atomic mass is 10.5. The number of carboxylic acid groups (broad SMARTS) is 1. The molecule has 2 N–H and O–H groups in total. The first-order valence-corrected chi connectivity index (χ1v) is 3.71. The van der Waals surface area contributed by atoms with Gasteiger partial charge < -0.3 is 10.4 Å². The molecule has 0 unspecified atom stereocenters. The Balaban J connectivity index is 2.57. The number of thiophene rings is 1. The van der Waals surface area contributed by atoms with Crippen LogP contribution in [0.3, 0.4) is 0 Å². The van der Waals surface area contributed by atoms with Crippen LogP contribution in [-0.2, 0) is 9.59 Å². The molecule has 0 bridgehead atoms. The molecule has 0 atom stereocenters. The molecule has 5 heteroatoms. The molecule has 1 aromatic heterocycles. The van der Waals surface area contributed by atoms with E-state index < -0.39 is 11.9 Å². The minimum absolute atomic E-state index is 0.516. The SMILES string of the molecule is O=C(O)C(=O)Nc1ccsc1. The van der Waals surface area contributed by atoms with Crippen molar-refractivity contribution in [2.45, 2.75) is 0 Å². The highest BCUT2D eigenvalue weighted by molar-refractivity contribution is 7.08. The zero-order chi connectivity index (χ0) is 8.27. The van der Waals surface area contributed by atoms with Gasteiger partial charge in [0.1, 0.15) is 0 Å². The Kier molecular flexibility index (Phi) is 2.22. The van der Waals surface area contributed by atoms with E-state index in [-0.39, 0.29) is 0 Å². The second-order valence-electron chi connectivity index (χ2n) is 1.77. The molecular formula is C6H5NO3S. The first kappa shape index (κ1) is 7.74. The predicted octanol–water partition coefficient (Wildman–Crippen LogP) is 0.771. The predicted molar refractivity (Wildman–Crippen MR) is 40.6 cm³/mol. The summed E-state index contributed by atoms with van der Waals surface area (Å²) in [6.07, 6.45) is 0. The van der Waals surface area contributed by atoms with Gasteiger partial charge in [0, 0.05) is 5.38 Å². The van der Waals surface area contributed by atoms with Crippen LogP contribution in [0.15, 0.2) is 16.8 Å². The van der Waals surface area contributed by atoms with Gasteiger partial charge in [0.25, 0.3) is 0 Å². The third-order valence-electron chi connectivity index (χ3n) is 0.973. The number of hydrogen-bond acceptors (Lipinski definition) is 3. The summed E-state index contributed by atoms with van der Waals surface area (Å²) in [6, 6.07) is 1.63. The topological polar surface area (TPSA) is 66.4 Å². The van der Waals surface area contributed by atoms with Crippen molar-refractivity contribution in [3.63, 3.8) is 0 Å². The molecule has 0 radical (unpaired) electrons. The number of aliphatic carboxylic acids is 1. The molecule has 0 saturated carbocycles. The maximum Gasteiger partial charge on any atom is 0.394 e. The number of rotatable bonds is 1. The normalized spacial score (nSPS) is 9.09. The van der Waals surface area contributed by atoms with Crippen molar-refractivity contribution in [3.8, 4) is 0 Å². The van der Waals surface area contributed by atoms with Gasteiger partial charge in [-0.1, -0.05) is 0 Å². The van der Waals surface area contributed by atoms with Crippen molar-refractivity contribution in [2.24, 2.45) is 0 Å². The highest BCUT2D eigenvalue weighted by atomic mass is 32.1. The number of anilines is 1. The molecule has 0 aromatic carbocycles. The Bertz CT molecular complexity index is 267. The van der Waals surface area contributed by atoms with Gasteiger partial charge in [-0.05, 0) is 11.4 Å². The van der Waals surface area contributed by atoms with E-state index in [9.17, 15) is 9.59 Å². The van der Waals surface area contributed by atoms with E-state index in [0.717, 1.165) is 0 Å². The van der Waals surface area contributed by atoms with Crippen LogP contribution < -0.4 is 5.32 Å². The van der Waals surface area contributed by atoms with Crippen LogP contribution in [0, 0.1) is 0 Å². The fourth-order valence-electron chi connectivity index (χ4n) is 0.520. The minimum Gasteiger partial charge on any atom is -0.474 e. The molecule has 0 aliphatic rings. The van der Waals surface area contributed by atoms with Gasteiger partial charge in [0.05, 0.1) is 5.69 Å². The van der Waals surface area contributed by atoms with Gasteiger partial charge in [0.2, 0.25) is 0 Å². The Morgan fingerprint density at radius 2 is 2.27 bits per heavy atom. The van der Waals surface area contributed by atoms with Crippen LogP contribution in [0.5, 0.6) is 0 Å². The molecule has 1 heterocycles. The summed E-state index contributed by atoms with van der Waals surface area (Å²) < 4.78 is 0. The van der Waals surface area contributed by atoms with Crippen molar-refractivity contribution in [2.75, 3.05) is 5.32 Å². The van der Waals surface area contributed by atoms with Crippen LogP contribution in [0.4, 0.5) is 5.69 Å². The van der Waals surface area contributed by atoms with E-state index in [4.69, 9.17) is 5.11 Å². The van der Waals surface area contributed by atoms with Crippen molar-refractivity contribution >= 4 is 28.9 Å². The van der Waals surface area contributed by atoms with E-state index >= 15 is 0 Å². The van der Waals surface area contributed by atoms with Gasteiger partial charge in [0.15, 0.2) is 0 Å².